The number of ether oxygens (including phenoxy) is 1. The van der Waals surface area contributed by atoms with Crippen LogP contribution in [0.25, 0.3) is 11.6 Å². The molecule has 31 heavy (non-hydrogen) atoms. The number of nitrogens with zero attached hydrogens (tertiary/aromatic N) is 1. The minimum absolute atomic E-state index is 0.159. The molecule has 3 aromatic rings. The highest BCUT2D eigenvalue weighted by molar-refractivity contribution is 6.31. The first-order valence-electron chi connectivity index (χ1n) is 9.18. The van der Waals surface area contributed by atoms with E-state index in [1.807, 2.05) is 0 Å². The van der Waals surface area contributed by atoms with E-state index >= 15 is 0 Å². The molecular formula is C23H17Cl2FN2O3. The van der Waals surface area contributed by atoms with Gasteiger partial charge in [-0.15, -0.1) is 0 Å². The van der Waals surface area contributed by atoms with Gasteiger partial charge in [-0.25, -0.2) is 14.2 Å². The first-order valence-corrected chi connectivity index (χ1v) is 9.94. The fourth-order valence-corrected chi connectivity index (χ4v) is 2.81. The molecule has 1 N–H and O–H groups in total. The van der Waals surface area contributed by atoms with Crippen LogP contribution in [0.5, 0.6) is 0 Å². The lowest BCUT2D eigenvalue weighted by Gasteiger charge is -2.15. The molecule has 158 valence electrons. The number of halogens is 3. The van der Waals surface area contributed by atoms with Crippen molar-refractivity contribution in [3.05, 3.63) is 93.8 Å². The molecule has 1 unspecified atom stereocenters. The van der Waals surface area contributed by atoms with Crippen molar-refractivity contribution in [2.24, 2.45) is 0 Å². The van der Waals surface area contributed by atoms with Gasteiger partial charge in [-0.1, -0.05) is 47.5 Å². The summed E-state index contributed by atoms with van der Waals surface area (Å²) in [7, 11) is 0. The van der Waals surface area contributed by atoms with Crippen molar-refractivity contribution in [2.45, 2.75) is 13.0 Å². The predicted octanol–water partition coefficient (Wildman–Crippen LogP) is 5.64. The van der Waals surface area contributed by atoms with Crippen LogP contribution in [-0.4, -0.2) is 23.0 Å². The predicted molar refractivity (Wildman–Crippen MR) is 119 cm³/mol. The SMILES string of the molecule is CC(OC(=O)C(=Cc1ccc(Cl)cc1)c1ccc(F)cc1)C(=O)Nc1ccc(Cl)cn1. The molecule has 2 aromatic carbocycles. The minimum atomic E-state index is -1.11. The number of nitrogens with one attached hydrogen (secondary N) is 1. The molecule has 1 atom stereocenters. The number of rotatable bonds is 6. The number of pyridine rings is 1. The van der Waals surface area contributed by atoms with Gasteiger partial charge in [0.05, 0.1) is 10.6 Å². The van der Waals surface area contributed by atoms with Gasteiger partial charge >= 0.3 is 5.97 Å². The van der Waals surface area contributed by atoms with E-state index in [9.17, 15) is 14.0 Å². The third-order valence-electron chi connectivity index (χ3n) is 4.19. The van der Waals surface area contributed by atoms with Crippen LogP contribution in [0.15, 0.2) is 66.9 Å². The van der Waals surface area contributed by atoms with Crippen LogP contribution < -0.4 is 5.32 Å². The Labute approximate surface area is 188 Å². The van der Waals surface area contributed by atoms with E-state index in [-0.39, 0.29) is 11.4 Å². The smallest absolute Gasteiger partial charge is 0.339 e. The number of aromatic nitrogens is 1. The largest absolute Gasteiger partial charge is 0.449 e. The second kappa shape index (κ2) is 10.2. The lowest BCUT2D eigenvalue weighted by molar-refractivity contribution is -0.147. The van der Waals surface area contributed by atoms with Crippen molar-refractivity contribution in [1.29, 1.82) is 0 Å². The van der Waals surface area contributed by atoms with Crippen molar-refractivity contribution in [1.82, 2.24) is 4.98 Å². The number of amides is 1. The van der Waals surface area contributed by atoms with Gasteiger partial charge in [0.15, 0.2) is 6.10 Å². The Kier molecular flexibility index (Phi) is 7.39. The van der Waals surface area contributed by atoms with E-state index in [0.29, 0.717) is 21.2 Å². The van der Waals surface area contributed by atoms with Gasteiger partial charge in [-0.2, -0.15) is 0 Å². The third kappa shape index (κ3) is 6.38. The van der Waals surface area contributed by atoms with Crippen molar-refractivity contribution in [3.8, 4) is 0 Å². The lowest BCUT2D eigenvalue weighted by atomic mass is 10.0. The highest BCUT2D eigenvalue weighted by atomic mass is 35.5. The van der Waals surface area contributed by atoms with Gasteiger partial charge in [0.25, 0.3) is 5.91 Å². The average Bonchev–Trinajstić information content (AvgIpc) is 2.75. The maximum atomic E-state index is 13.4. The van der Waals surface area contributed by atoms with Crippen LogP contribution in [0.3, 0.4) is 0 Å². The normalized spacial score (nSPS) is 12.2. The summed E-state index contributed by atoms with van der Waals surface area (Å²) in [6.07, 6.45) is 1.85. The summed E-state index contributed by atoms with van der Waals surface area (Å²) in [6.45, 7) is 1.44. The molecule has 0 aliphatic carbocycles. The zero-order valence-corrected chi connectivity index (χ0v) is 17.8. The number of esters is 1. The van der Waals surface area contributed by atoms with E-state index in [2.05, 4.69) is 10.3 Å². The molecule has 1 heterocycles. The lowest BCUT2D eigenvalue weighted by Crippen LogP contribution is -2.30. The first-order chi connectivity index (χ1) is 14.8. The van der Waals surface area contributed by atoms with Crippen molar-refractivity contribution in [2.75, 3.05) is 5.32 Å². The summed E-state index contributed by atoms with van der Waals surface area (Å²) < 4.78 is 18.7. The van der Waals surface area contributed by atoms with E-state index in [4.69, 9.17) is 27.9 Å². The van der Waals surface area contributed by atoms with Crippen molar-refractivity contribution in [3.63, 3.8) is 0 Å². The molecule has 1 amide bonds. The zero-order chi connectivity index (χ0) is 22.4. The van der Waals surface area contributed by atoms with Crippen LogP contribution in [0.2, 0.25) is 10.0 Å². The molecule has 8 heteroatoms. The summed E-state index contributed by atoms with van der Waals surface area (Å²) >= 11 is 11.7. The Morgan fingerprint density at radius 3 is 2.26 bits per heavy atom. The number of benzene rings is 2. The average molecular weight is 459 g/mol. The van der Waals surface area contributed by atoms with Gasteiger partial charge in [0.2, 0.25) is 0 Å². The molecule has 0 bridgehead atoms. The Hall–Kier alpha value is -3.22. The highest BCUT2D eigenvalue weighted by Gasteiger charge is 2.22. The molecule has 1 aromatic heterocycles. The zero-order valence-electron chi connectivity index (χ0n) is 16.3. The van der Waals surface area contributed by atoms with Gasteiger partial charge in [-0.05, 0) is 60.5 Å². The topological polar surface area (TPSA) is 68.3 Å². The quantitative estimate of drug-likeness (QED) is 0.294. The highest BCUT2D eigenvalue weighted by Crippen LogP contribution is 2.22. The second-order valence-electron chi connectivity index (χ2n) is 6.51. The third-order valence-corrected chi connectivity index (χ3v) is 4.66. The van der Waals surface area contributed by atoms with E-state index in [1.54, 1.807) is 36.4 Å². The van der Waals surface area contributed by atoms with E-state index in [0.717, 1.165) is 0 Å². The second-order valence-corrected chi connectivity index (χ2v) is 7.39. The molecular weight excluding hydrogens is 442 g/mol. The molecule has 0 aliphatic heterocycles. The van der Waals surface area contributed by atoms with Gasteiger partial charge in [0.1, 0.15) is 11.6 Å². The number of hydrogen-bond donors (Lipinski definition) is 1. The molecule has 0 fully saturated rings. The Morgan fingerprint density at radius 2 is 1.65 bits per heavy atom. The van der Waals surface area contributed by atoms with Crippen LogP contribution >= 0.6 is 23.2 Å². The van der Waals surface area contributed by atoms with Crippen molar-refractivity contribution < 1.29 is 18.7 Å². The maximum absolute atomic E-state index is 13.4. The number of hydrogen-bond acceptors (Lipinski definition) is 4. The molecule has 0 spiro atoms. The van der Waals surface area contributed by atoms with Crippen LogP contribution in [-0.2, 0) is 14.3 Å². The molecule has 0 saturated carbocycles. The fraction of sp³-hybridized carbons (Fsp3) is 0.0870. The summed E-state index contributed by atoms with van der Waals surface area (Å²) in [5.41, 5.74) is 1.28. The molecule has 3 rings (SSSR count). The molecule has 0 saturated heterocycles. The summed E-state index contributed by atoms with van der Waals surface area (Å²) in [5.74, 6) is -1.47. The summed E-state index contributed by atoms with van der Waals surface area (Å²) in [5, 5.41) is 3.52. The number of anilines is 1. The summed E-state index contributed by atoms with van der Waals surface area (Å²) in [6, 6.07) is 15.3. The van der Waals surface area contributed by atoms with E-state index < -0.39 is 23.8 Å². The van der Waals surface area contributed by atoms with Crippen LogP contribution in [0.1, 0.15) is 18.1 Å². The maximum Gasteiger partial charge on any atom is 0.339 e. The summed E-state index contributed by atoms with van der Waals surface area (Å²) in [4.78, 5) is 29.2. The molecule has 5 nitrogen and oxygen atoms in total. The first kappa shape index (κ1) is 22.5. The van der Waals surface area contributed by atoms with E-state index in [1.165, 1.54) is 43.5 Å². The van der Waals surface area contributed by atoms with Gasteiger partial charge < -0.3 is 10.1 Å². The monoisotopic (exact) mass is 458 g/mol. The Bertz CT molecular complexity index is 1100. The van der Waals surface area contributed by atoms with Gasteiger partial charge in [-0.3, -0.25) is 4.79 Å². The van der Waals surface area contributed by atoms with Crippen LogP contribution in [0, 0.1) is 5.82 Å². The Balaban J connectivity index is 1.80. The standard InChI is InChI=1S/C23H17Cl2FN2O3/c1-14(22(29)28-21-11-8-18(25)13-27-21)31-23(30)20(16-4-9-19(26)10-5-16)12-15-2-6-17(24)7-3-15/h2-14H,1H3,(H,27,28,29). The van der Waals surface area contributed by atoms with Crippen LogP contribution in [0.4, 0.5) is 10.2 Å². The molecule has 0 radical (unpaired) electrons. The Morgan fingerprint density at radius 1 is 1.00 bits per heavy atom. The molecule has 0 aliphatic rings. The minimum Gasteiger partial charge on any atom is -0.449 e. The fourth-order valence-electron chi connectivity index (χ4n) is 2.57. The number of carbonyl (C=O) groups excluding carboxylic acids is 2. The van der Waals surface area contributed by atoms with Gasteiger partial charge in [0, 0.05) is 11.2 Å². The number of carbonyl (C=O) groups is 2. The van der Waals surface area contributed by atoms with Crippen molar-refractivity contribution >= 4 is 52.5 Å².